The van der Waals surface area contributed by atoms with E-state index in [-0.39, 0.29) is 0 Å². The van der Waals surface area contributed by atoms with E-state index in [0.29, 0.717) is 24.5 Å². The highest BCUT2D eigenvalue weighted by Crippen LogP contribution is 2.29. The zero-order chi connectivity index (χ0) is 14.5. The lowest BCUT2D eigenvalue weighted by molar-refractivity contribution is 0.459. The van der Waals surface area contributed by atoms with E-state index >= 15 is 0 Å². The highest BCUT2D eigenvalue weighted by atomic mass is 32.2. The summed E-state index contributed by atoms with van der Waals surface area (Å²) in [5.74, 6) is 0. The van der Waals surface area contributed by atoms with Crippen LogP contribution in [0.4, 0.5) is 0 Å². The molecule has 1 rings (SSSR count). The van der Waals surface area contributed by atoms with Crippen LogP contribution in [0, 0.1) is 6.92 Å². The van der Waals surface area contributed by atoms with Gasteiger partial charge < -0.3 is 5.32 Å². The second-order valence-corrected chi connectivity index (χ2v) is 7.03. The summed E-state index contributed by atoms with van der Waals surface area (Å²) >= 11 is 1.49. The number of hydrogen-bond donors (Lipinski definition) is 1. The van der Waals surface area contributed by atoms with Gasteiger partial charge in [0.1, 0.15) is 4.90 Å². The van der Waals surface area contributed by atoms with E-state index in [0.717, 1.165) is 17.0 Å². The van der Waals surface area contributed by atoms with Crippen molar-refractivity contribution in [2.45, 2.75) is 32.2 Å². The summed E-state index contributed by atoms with van der Waals surface area (Å²) in [5, 5.41) is 5.09. The fourth-order valence-corrected chi connectivity index (χ4v) is 5.02. The molecule has 0 saturated heterocycles. The fraction of sp³-hybridized carbons (Fsp3) is 0.538. The Kier molecular flexibility index (Phi) is 6.19. The van der Waals surface area contributed by atoms with Crippen LogP contribution in [-0.4, -0.2) is 32.4 Å². The van der Waals surface area contributed by atoms with Crippen LogP contribution in [0.25, 0.3) is 0 Å². The minimum atomic E-state index is -3.43. The van der Waals surface area contributed by atoms with Crippen molar-refractivity contribution in [2.75, 3.05) is 19.6 Å². The molecule has 1 aromatic rings. The second-order valence-electron chi connectivity index (χ2n) is 4.20. The lowest BCUT2D eigenvalue weighted by Crippen LogP contribution is -2.32. The van der Waals surface area contributed by atoms with Crippen molar-refractivity contribution < 1.29 is 8.42 Å². The van der Waals surface area contributed by atoms with Crippen LogP contribution in [0.2, 0.25) is 0 Å². The molecule has 6 heteroatoms. The number of rotatable bonds is 8. The molecule has 0 aliphatic carbocycles. The molecule has 0 spiro atoms. The predicted octanol–water partition coefficient (Wildman–Crippen LogP) is 2.36. The molecular formula is C13H22N2O2S2. The van der Waals surface area contributed by atoms with E-state index in [4.69, 9.17) is 0 Å². The standard InChI is InChI=1S/C13H22N2O2S2/c1-5-8-15(7-3)19(16,17)13-11(4)10-18-12(13)9-14-6-2/h5,10,14H,1,6-9H2,2-4H3. The van der Waals surface area contributed by atoms with Gasteiger partial charge in [-0.05, 0) is 24.4 Å². The van der Waals surface area contributed by atoms with Gasteiger partial charge in [0.05, 0.1) is 0 Å². The second kappa shape index (κ2) is 7.19. The molecule has 1 heterocycles. The molecule has 0 aliphatic heterocycles. The molecular weight excluding hydrogens is 280 g/mol. The summed E-state index contributed by atoms with van der Waals surface area (Å²) in [6, 6.07) is 0. The Balaban J connectivity index is 3.19. The first-order valence-electron chi connectivity index (χ1n) is 6.37. The molecule has 0 radical (unpaired) electrons. The van der Waals surface area contributed by atoms with Gasteiger partial charge in [-0.2, -0.15) is 4.31 Å². The minimum Gasteiger partial charge on any atom is -0.312 e. The Labute approximate surface area is 120 Å². The first kappa shape index (κ1) is 16.4. The Hall–Kier alpha value is -0.690. The van der Waals surface area contributed by atoms with Gasteiger partial charge in [-0.25, -0.2) is 8.42 Å². The first-order valence-corrected chi connectivity index (χ1v) is 8.69. The molecule has 108 valence electrons. The molecule has 0 aromatic carbocycles. The third-order valence-corrected chi connectivity index (χ3v) is 6.21. The van der Waals surface area contributed by atoms with Gasteiger partial charge in [0, 0.05) is 24.5 Å². The summed E-state index contributed by atoms with van der Waals surface area (Å²) in [7, 11) is -3.43. The molecule has 1 N–H and O–H groups in total. The van der Waals surface area contributed by atoms with Crippen LogP contribution >= 0.6 is 11.3 Å². The monoisotopic (exact) mass is 302 g/mol. The summed E-state index contributed by atoms with van der Waals surface area (Å²) in [6.45, 7) is 11.5. The number of nitrogens with one attached hydrogen (secondary N) is 1. The van der Waals surface area contributed by atoms with Crippen molar-refractivity contribution in [1.82, 2.24) is 9.62 Å². The van der Waals surface area contributed by atoms with E-state index in [1.54, 1.807) is 6.08 Å². The molecule has 0 unspecified atom stereocenters. The molecule has 0 fully saturated rings. The van der Waals surface area contributed by atoms with Gasteiger partial charge in [0.25, 0.3) is 0 Å². The van der Waals surface area contributed by atoms with Gasteiger partial charge in [0.2, 0.25) is 10.0 Å². The van der Waals surface area contributed by atoms with E-state index in [1.807, 2.05) is 26.2 Å². The summed E-state index contributed by atoms with van der Waals surface area (Å²) in [6.07, 6.45) is 1.62. The molecule has 4 nitrogen and oxygen atoms in total. The van der Waals surface area contributed by atoms with Gasteiger partial charge in [-0.3, -0.25) is 0 Å². The fourth-order valence-electron chi connectivity index (χ4n) is 1.86. The van der Waals surface area contributed by atoms with Crippen LogP contribution in [0.3, 0.4) is 0 Å². The van der Waals surface area contributed by atoms with E-state index in [2.05, 4.69) is 11.9 Å². The van der Waals surface area contributed by atoms with Crippen LogP contribution in [-0.2, 0) is 16.6 Å². The summed E-state index contributed by atoms with van der Waals surface area (Å²) in [5.41, 5.74) is 0.820. The van der Waals surface area contributed by atoms with Gasteiger partial charge in [0.15, 0.2) is 0 Å². The lowest BCUT2D eigenvalue weighted by atomic mass is 10.3. The highest BCUT2D eigenvalue weighted by Gasteiger charge is 2.27. The van der Waals surface area contributed by atoms with Crippen molar-refractivity contribution >= 4 is 21.4 Å². The van der Waals surface area contributed by atoms with Crippen LogP contribution in [0.1, 0.15) is 24.3 Å². The SMILES string of the molecule is C=CCN(CC)S(=O)(=O)c1c(C)csc1CNCC. The minimum absolute atomic E-state index is 0.342. The normalized spacial score (nSPS) is 12.0. The number of hydrogen-bond acceptors (Lipinski definition) is 4. The number of nitrogens with zero attached hydrogens (tertiary/aromatic N) is 1. The van der Waals surface area contributed by atoms with Crippen LogP contribution in [0.5, 0.6) is 0 Å². The number of aryl methyl sites for hydroxylation is 1. The third-order valence-electron chi connectivity index (χ3n) is 2.81. The van der Waals surface area contributed by atoms with E-state index < -0.39 is 10.0 Å². The number of sulfonamides is 1. The largest absolute Gasteiger partial charge is 0.312 e. The Morgan fingerprint density at radius 3 is 2.68 bits per heavy atom. The molecule has 0 saturated carbocycles. The Morgan fingerprint density at radius 2 is 2.16 bits per heavy atom. The van der Waals surface area contributed by atoms with Crippen molar-refractivity contribution in [2.24, 2.45) is 0 Å². The third kappa shape index (κ3) is 3.66. The highest BCUT2D eigenvalue weighted by molar-refractivity contribution is 7.89. The average molecular weight is 302 g/mol. The van der Waals surface area contributed by atoms with E-state index in [1.165, 1.54) is 15.6 Å². The van der Waals surface area contributed by atoms with Crippen molar-refractivity contribution in [3.63, 3.8) is 0 Å². The number of thiophene rings is 1. The zero-order valence-electron chi connectivity index (χ0n) is 11.8. The van der Waals surface area contributed by atoms with E-state index in [9.17, 15) is 8.42 Å². The molecule has 0 atom stereocenters. The summed E-state index contributed by atoms with van der Waals surface area (Å²) < 4.78 is 26.8. The molecule has 0 aliphatic rings. The quantitative estimate of drug-likeness (QED) is 0.750. The average Bonchev–Trinajstić information content (AvgIpc) is 2.75. The summed E-state index contributed by atoms with van der Waals surface area (Å²) in [4.78, 5) is 1.34. The maximum absolute atomic E-state index is 12.7. The van der Waals surface area contributed by atoms with Crippen LogP contribution < -0.4 is 5.32 Å². The molecule has 0 amide bonds. The van der Waals surface area contributed by atoms with Crippen molar-refractivity contribution in [3.05, 3.63) is 28.5 Å². The molecule has 0 bridgehead atoms. The maximum atomic E-state index is 12.7. The lowest BCUT2D eigenvalue weighted by Gasteiger charge is -2.19. The van der Waals surface area contributed by atoms with Crippen molar-refractivity contribution in [1.29, 1.82) is 0 Å². The topological polar surface area (TPSA) is 49.4 Å². The van der Waals surface area contributed by atoms with Gasteiger partial charge in [-0.1, -0.05) is 19.9 Å². The van der Waals surface area contributed by atoms with Gasteiger partial charge >= 0.3 is 0 Å². The smallest absolute Gasteiger partial charge is 0.244 e. The molecule has 1 aromatic heterocycles. The maximum Gasteiger partial charge on any atom is 0.244 e. The number of likely N-dealkylation sites (N-methyl/N-ethyl adjacent to an activating group) is 1. The van der Waals surface area contributed by atoms with Crippen LogP contribution in [0.15, 0.2) is 22.9 Å². The Morgan fingerprint density at radius 1 is 1.47 bits per heavy atom. The predicted molar refractivity (Wildman–Crippen MR) is 81.1 cm³/mol. The van der Waals surface area contributed by atoms with Gasteiger partial charge in [-0.15, -0.1) is 17.9 Å². The zero-order valence-corrected chi connectivity index (χ0v) is 13.4. The first-order chi connectivity index (χ1) is 8.98. The Bertz CT molecular complexity index is 521. The van der Waals surface area contributed by atoms with Crippen molar-refractivity contribution in [3.8, 4) is 0 Å². The molecule has 19 heavy (non-hydrogen) atoms.